The molecule has 4 aromatic rings. The lowest BCUT2D eigenvalue weighted by Crippen LogP contribution is -2.03. The van der Waals surface area contributed by atoms with Crippen molar-refractivity contribution in [3.63, 3.8) is 0 Å². The summed E-state index contributed by atoms with van der Waals surface area (Å²) in [7, 11) is 0. The zero-order valence-electron chi connectivity index (χ0n) is 13.5. The third kappa shape index (κ3) is 3.54. The molecule has 0 saturated carbocycles. The zero-order chi connectivity index (χ0) is 17.1. The molecule has 2 aromatic heterocycles. The first-order valence-electron chi connectivity index (χ1n) is 8.08. The Labute approximate surface area is 154 Å². The molecule has 122 valence electrons. The molecule has 0 aliphatic carbocycles. The summed E-state index contributed by atoms with van der Waals surface area (Å²) in [6, 6.07) is 22.6. The molecule has 0 unspecified atom stereocenters. The molecule has 0 aliphatic rings. The van der Waals surface area contributed by atoms with Crippen LogP contribution in [0.3, 0.4) is 0 Å². The van der Waals surface area contributed by atoms with Gasteiger partial charge in [0.15, 0.2) is 5.65 Å². The number of hydrogen-bond donors (Lipinski definition) is 0. The highest BCUT2D eigenvalue weighted by atomic mass is 79.9. The predicted octanol–water partition coefficient (Wildman–Crippen LogP) is 5.41. The fourth-order valence-electron chi connectivity index (χ4n) is 2.79. The summed E-state index contributed by atoms with van der Waals surface area (Å²) in [6.45, 7) is 0.737. The van der Waals surface area contributed by atoms with Crippen LogP contribution in [-0.4, -0.2) is 14.5 Å². The molecule has 0 bridgehead atoms. The molecule has 25 heavy (non-hydrogen) atoms. The first kappa shape index (κ1) is 15.8. The summed E-state index contributed by atoms with van der Waals surface area (Å²) in [4.78, 5) is 9.34. The number of hydrogen-bond acceptors (Lipinski definition) is 2. The van der Waals surface area contributed by atoms with Gasteiger partial charge in [0, 0.05) is 10.7 Å². The van der Waals surface area contributed by atoms with Crippen molar-refractivity contribution in [1.29, 1.82) is 0 Å². The fourth-order valence-corrected chi connectivity index (χ4v) is 3.11. The molecular weight excluding hydrogens is 374 g/mol. The topological polar surface area (TPSA) is 30.7 Å². The summed E-state index contributed by atoms with van der Waals surface area (Å²) in [5, 5.41) is 0. The number of aromatic nitrogens is 3. The molecule has 0 spiro atoms. The summed E-state index contributed by atoms with van der Waals surface area (Å²) < 4.78 is 3.08. The number of benzene rings is 2. The molecule has 0 N–H and O–H groups in total. The van der Waals surface area contributed by atoms with Crippen LogP contribution in [0.2, 0.25) is 0 Å². The van der Waals surface area contributed by atoms with Gasteiger partial charge in [-0.25, -0.2) is 9.97 Å². The minimum Gasteiger partial charge on any atom is -0.305 e. The predicted molar refractivity (Wildman–Crippen MR) is 106 cm³/mol. The minimum atomic E-state index is 0.737. The van der Waals surface area contributed by atoms with E-state index in [1.165, 1.54) is 5.56 Å². The Kier molecular flexibility index (Phi) is 4.44. The lowest BCUT2D eigenvalue weighted by molar-refractivity contribution is 0.804. The third-order valence-electron chi connectivity index (χ3n) is 3.99. The molecule has 3 nitrogen and oxygen atoms in total. The summed E-state index contributed by atoms with van der Waals surface area (Å²) in [6.07, 6.45) is 5.95. The number of fused-ring (bicyclic) bond motifs is 1. The van der Waals surface area contributed by atoms with Gasteiger partial charge in [-0.3, -0.25) is 0 Å². The quantitative estimate of drug-likeness (QED) is 0.466. The maximum Gasteiger partial charge on any atom is 0.160 e. The molecule has 4 rings (SSSR count). The monoisotopic (exact) mass is 389 g/mol. The van der Waals surface area contributed by atoms with Crippen molar-refractivity contribution in [3.8, 4) is 0 Å². The zero-order valence-corrected chi connectivity index (χ0v) is 15.1. The first-order valence-corrected chi connectivity index (χ1v) is 8.88. The van der Waals surface area contributed by atoms with Crippen LogP contribution in [-0.2, 0) is 6.54 Å². The highest BCUT2D eigenvalue weighted by Crippen LogP contribution is 2.21. The van der Waals surface area contributed by atoms with E-state index in [2.05, 4.69) is 68.0 Å². The smallest absolute Gasteiger partial charge is 0.160 e. The lowest BCUT2D eigenvalue weighted by atomic mass is 10.2. The highest BCUT2D eigenvalue weighted by Gasteiger charge is 2.11. The second-order valence-electron chi connectivity index (χ2n) is 5.78. The van der Waals surface area contributed by atoms with Crippen molar-refractivity contribution < 1.29 is 0 Å². The van der Waals surface area contributed by atoms with Gasteiger partial charge in [-0.2, -0.15) is 0 Å². The van der Waals surface area contributed by atoms with Gasteiger partial charge in [0.2, 0.25) is 0 Å². The lowest BCUT2D eigenvalue weighted by Gasteiger charge is -2.06. The van der Waals surface area contributed by atoms with Crippen LogP contribution in [0.1, 0.15) is 17.0 Å². The summed E-state index contributed by atoms with van der Waals surface area (Å²) in [5.74, 6) is 0.897. The van der Waals surface area contributed by atoms with Crippen LogP contribution in [0, 0.1) is 0 Å². The Morgan fingerprint density at radius 1 is 0.920 bits per heavy atom. The van der Waals surface area contributed by atoms with Crippen LogP contribution in [0.5, 0.6) is 0 Å². The van der Waals surface area contributed by atoms with Crippen LogP contribution >= 0.6 is 15.9 Å². The maximum absolute atomic E-state index is 4.77. The van der Waals surface area contributed by atoms with Crippen molar-refractivity contribution in [3.05, 3.63) is 94.4 Å². The van der Waals surface area contributed by atoms with Crippen molar-refractivity contribution >= 4 is 39.2 Å². The van der Waals surface area contributed by atoms with Crippen molar-refractivity contribution in [2.45, 2.75) is 6.54 Å². The first-order chi connectivity index (χ1) is 12.3. The SMILES string of the molecule is Brc1cnc2c(c1)nc(/C=C/c1ccccc1)n2Cc1ccccc1. The average Bonchev–Trinajstić information content (AvgIpc) is 2.98. The van der Waals surface area contributed by atoms with E-state index >= 15 is 0 Å². The van der Waals surface area contributed by atoms with Crippen LogP contribution in [0.4, 0.5) is 0 Å². The second-order valence-corrected chi connectivity index (χ2v) is 6.70. The molecule has 2 heterocycles. The van der Waals surface area contributed by atoms with Crippen molar-refractivity contribution in [1.82, 2.24) is 14.5 Å². The van der Waals surface area contributed by atoms with Gasteiger partial charge >= 0.3 is 0 Å². The number of pyridine rings is 1. The molecule has 0 fully saturated rings. The minimum absolute atomic E-state index is 0.737. The van der Waals surface area contributed by atoms with E-state index < -0.39 is 0 Å². The van der Waals surface area contributed by atoms with E-state index in [1.807, 2.05) is 42.6 Å². The van der Waals surface area contributed by atoms with E-state index in [1.54, 1.807) is 0 Å². The van der Waals surface area contributed by atoms with Crippen LogP contribution < -0.4 is 0 Å². The van der Waals surface area contributed by atoms with E-state index in [0.717, 1.165) is 33.6 Å². The van der Waals surface area contributed by atoms with Gasteiger partial charge in [-0.05, 0) is 39.2 Å². The standard InChI is InChI=1S/C21H16BrN3/c22-18-13-19-21(23-14-18)25(15-17-9-5-2-6-10-17)20(24-19)12-11-16-7-3-1-4-8-16/h1-14H,15H2/b12-11+. The molecule has 0 radical (unpaired) electrons. The Balaban J connectivity index is 1.79. The van der Waals surface area contributed by atoms with E-state index in [9.17, 15) is 0 Å². The van der Waals surface area contributed by atoms with Crippen LogP contribution in [0.15, 0.2) is 77.4 Å². The second kappa shape index (κ2) is 7.03. The van der Waals surface area contributed by atoms with Crippen LogP contribution in [0.25, 0.3) is 23.3 Å². The fraction of sp³-hybridized carbons (Fsp3) is 0.0476. The Bertz CT molecular complexity index is 1020. The van der Waals surface area contributed by atoms with Crippen molar-refractivity contribution in [2.24, 2.45) is 0 Å². The molecule has 2 aromatic carbocycles. The maximum atomic E-state index is 4.77. The molecule has 0 saturated heterocycles. The number of nitrogens with zero attached hydrogens (tertiary/aromatic N) is 3. The average molecular weight is 390 g/mol. The summed E-state index contributed by atoms with van der Waals surface area (Å²) in [5.41, 5.74) is 4.15. The van der Waals surface area contributed by atoms with E-state index in [0.29, 0.717) is 0 Å². The van der Waals surface area contributed by atoms with E-state index in [4.69, 9.17) is 4.98 Å². The van der Waals surface area contributed by atoms with Gasteiger partial charge in [0.05, 0.1) is 6.54 Å². The molecule has 0 amide bonds. The van der Waals surface area contributed by atoms with Gasteiger partial charge in [-0.1, -0.05) is 66.7 Å². The highest BCUT2D eigenvalue weighted by molar-refractivity contribution is 9.10. The number of imidazole rings is 1. The van der Waals surface area contributed by atoms with Gasteiger partial charge in [0.1, 0.15) is 11.3 Å². The Morgan fingerprint density at radius 3 is 2.40 bits per heavy atom. The Morgan fingerprint density at radius 2 is 1.64 bits per heavy atom. The Hall–Kier alpha value is -2.72. The number of rotatable bonds is 4. The molecule has 0 aliphatic heterocycles. The van der Waals surface area contributed by atoms with Gasteiger partial charge in [-0.15, -0.1) is 0 Å². The molecule has 0 atom stereocenters. The van der Waals surface area contributed by atoms with Gasteiger partial charge < -0.3 is 4.57 Å². The largest absolute Gasteiger partial charge is 0.305 e. The normalized spacial score (nSPS) is 11.4. The number of halogens is 1. The van der Waals surface area contributed by atoms with Crippen molar-refractivity contribution in [2.75, 3.05) is 0 Å². The molecular formula is C21H16BrN3. The third-order valence-corrected chi connectivity index (χ3v) is 4.42. The molecule has 4 heteroatoms. The van der Waals surface area contributed by atoms with Gasteiger partial charge in [0.25, 0.3) is 0 Å². The van der Waals surface area contributed by atoms with E-state index in [-0.39, 0.29) is 0 Å². The summed E-state index contributed by atoms with van der Waals surface area (Å²) >= 11 is 3.48.